The Balaban J connectivity index is 2.38. The number of allylic oxidation sites excluding steroid dienone is 4. The van der Waals surface area contributed by atoms with Crippen LogP contribution in [-0.4, -0.2) is 0 Å². The quantitative estimate of drug-likeness (QED) is 0.750. The summed E-state index contributed by atoms with van der Waals surface area (Å²) in [7, 11) is 0. The molecule has 1 aliphatic carbocycles. The zero-order valence-electron chi connectivity index (χ0n) is 14.9. The van der Waals surface area contributed by atoms with Crippen LogP contribution in [0.3, 0.4) is 0 Å². The number of halogens is 2. The zero-order chi connectivity index (χ0) is 20.5. The van der Waals surface area contributed by atoms with Crippen molar-refractivity contribution in [2.75, 3.05) is 0 Å². The minimum atomic E-state index is -1.75. The summed E-state index contributed by atoms with van der Waals surface area (Å²) in [6, 6.07) is 20.1. The molecule has 6 heteroatoms. The first-order valence-electron chi connectivity index (χ1n) is 8.31. The fraction of sp³-hybridized carbons (Fsp3) is 0.136. The third-order valence-electron chi connectivity index (χ3n) is 5.20. The lowest BCUT2D eigenvalue weighted by Gasteiger charge is -2.42. The van der Waals surface area contributed by atoms with E-state index in [0.717, 1.165) is 0 Å². The van der Waals surface area contributed by atoms with Crippen LogP contribution < -0.4 is 5.73 Å². The van der Waals surface area contributed by atoms with Crippen molar-refractivity contribution < 1.29 is 0 Å². The molecule has 4 nitrogen and oxygen atoms in total. The molecule has 136 valence electrons. The molecule has 0 heterocycles. The summed E-state index contributed by atoms with van der Waals surface area (Å²) in [5.41, 5.74) is 5.45. The molecular weight excluding hydrogens is 391 g/mol. The Bertz CT molecular complexity index is 1110. The monoisotopic (exact) mass is 404 g/mol. The summed E-state index contributed by atoms with van der Waals surface area (Å²) in [6.45, 7) is 1.76. The molecule has 2 aromatic rings. The van der Waals surface area contributed by atoms with Crippen LogP contribution >= 0.6 is 23.2 Å². The van der Waals surface area contributed by atoms with Gasteiger partial charge in [-0.05, 0) is 47.9 Å². The van der Waals surface area contributed by atoms with Gasteiger partial charge in [-0.1, -0.05) is 53.5 Å². The number of nitrogens with zero attached hydrogens (tertiary/aromatic N) is 3. The summed E-state index contributed by atoms with van der Waals surface area (Å²) in [5, 5.41) is 30.8. The molecule has 1 unspecified atom stereocenters. The predicted octanol–water partition coefficient (Wildman–Crippen LogP) is 5.12. The molecule has 0 aliphatic heterocycles. The number of nitriles is 3. The van der Waals surface area contributed by atoms with Gasteiger partial charge in [-0.15, -0.1) is 0 Å². The minimum absolute atomic E-state index is 0.0649. The Morgan fingerprint density at radius 2 is 1.36 bits per heavy atom. The van der Waals surface area contributed by atoms with Gasteiger partial charge in [0, 0.05) is 15.5 Å². The number of hydrogen-bond donors (Lipinski definition) is 1. The van der Waals surface area contributed by atoms with E-state index in [4.69, 9.17) is 28.9 Å². The second kappa shape index (κ2) is 7.06. The Morgan fingerprint density at radius 1 is 0.857 bits per heavy atom. The molecule has 1 atom stereocenters. The summed E-state index contributed by atoms with van der Waals surface area (Å²) >= 11 is 12.0. The molecule has 1 aliphatic rings. The fourth-order valence-electron chi connectivity index (χ4n) is 3.53. The van der Waals surface area contributed by atoms with Crippen molar-refractivity contribution in [3.05, 3.63) is 87.0 Å². The molecule has 0 saturated heterocycles. The van der Waals surface area contributed by atoms with Crippen molar-refractivity contribution in [1.82, 2.24) is 0 Å². The summed E-state index contributed by atoms with van der Waals surface area (Å²) < 4.78 is 0. The van der Waals surface area contributed by atoms with E-state index in [-0.39, 0.29) is 11.3 Å². The van der Waals surface area contributed by atoms with Gasteiger partial charge in [-0.25, -0.2) is 0 Å². The predicted molar refractivity (Wildman–Crippen MR) is 109 cm³/mol. The second-order valence-electron chi connectivity index (χ2n) is 6.65. The lowest BCUT2D eigenvalue weighted by Crippen LogP contribution is -2.47. The molecule has 0 aromatic heterocycles. The van der Waals surface area contributed by atoms with Crippen LogP contribution in [0.25, 0.3) is 5.57 Å². The molecular formula is C22H14Cl2N4. The van der Waals surface area contributed by atoms with E-state index in [1.165, 1.54) is 0 Å². The molecule has 2 N–H and O–H groups in total. The number of benzene rings is 2. The van der Waals surface area contributed by atoms with Crippen molar-refractivity contribution in [3.63, 3.8) is 0 Å². The van der Waals surface area contributed by atoms with Crippen LogP contribution in [0.5, 0.6) is 0 Å². The van der Waals surface area contributed by atoms with Crippen LogP contribution in [0.2, 0.25) is 10.0 Å². The van der Waals surface area contributed by atoms with E-state index < -0.39 is 10.8 Å². The maximum absolute atomic E-state index is 10.0. The van der Waals surface area contributed by atoms with Gasteiger partial charge in [-0.3, -0.25) is 0 Å². The Morgan fingerprint density at radius 3 is 1.82 bits per heavy atom. The summed E-state index contributed by atoms with van der Waals surface area (Å²) in [4.78, 5) is 0. The first kappa shape index (κ1) is 19.5. The topological polar surface area (TPSA) is 97.4 Å². The number of hydrogen-bond acceptors (Lipinski definition) is 4. The van der Waals surface area contributed by atoms with Crippen molar-refractivity contribution in [3.8, 4) is 18.2 Å². The van der Waals surface area contributed by atoms with Crippen LogP contribution in [0.15, 0.2) is 65.9 Å². The fourth-order valence-corrected chi connectivity index (χ4v) is 3.78. The van der Waals surface area contributed by atoms with Crippen molar-refractivity contribution in [2.24, 2.45) is 11.1 Å². The maximum atomic E-state index is 10.0. The minimum Gasteiger partial charge on any atom is -0.399 e. The second-order valence-corrected chi connectivity index (χ2v) is 7.52. The van der Waals surface area contributed by atoms with Crippen LogP contribution in [0.1, 0.15) is 18.1 Å². The smallest absolute Gasteiger partial charge is 0.196 e. The van der Waals surface area contributed by atoms with Crippen LogP contribution in [-0.2, 0) is 5.41 Å². The van der Waals surface area contributed by atoms with E-state index in [1.54, 1.807) is 61.5 Å². The van der Waals surface area contributed by atoms with Gasteiger partial charge in [0.05, 0.1) is 23.4 Å². The zero-order valence-corrected chi connectivity index (χ0v) is 16.4. The molecule has 0 bridgehead atoms. The molecule has 2 aromatic carbocycles. The average molecular weight is 405 g/mol. The maximum Gasteiger partial charge on any atom is 0.196 e. The largest absolute Gasteiger partial charge is 0.399 e. The highest BCUT2D eigenvalue weighted by Gasteiger charge is 2.55. The lowest BCUT2D eigenvalue weighted by molar-refractivity contribution is 0.387. The molecule has 0 radical (unpaired) electrons. The molecule has 0 amide bonds. The van der Waals surface area contributed by atoms with E-state index in [2.05, 4.69) is 18.2 Å². The Hall–Kier alpha value is -3.23. The van der Waals surface area contributed by atoms with Gasteiger partial charge in [-0.2, -0.15) is 15.8 Å². The van der Waals surface area contributed by atoms with E-state index in [9.17, 15) is 15.8 Å². The summed E-state index contributed by atoms with van der Waals surface area (Å²) in [5.74, 6) is 0. The summed E-state index contributed by atoms with van der Waals surface area (Å²) in [6.07, 6.45) is 1.76. The standard InChI is InChI=1S/C22H14Cl2N4/c1-21(15-4-8-17(24)9-5-15)10-18(14-2-6-16(23)7-3-14)19(11-25)20(28)22(21,12-26)13-27/h2-10H,28H2,1H3. The van der Waals surface area contributed by atoms with Crippen molar-refractivity contribution >= 4 is 28.8 Å². The SMILES string of the molecule is CC1(c2ccc(Cl)cc2)C=C(c2ccc(Cl)cc2)C(C#N)=C(N)C1(C#N)C#N. The first-order valence-corrected chi connectivity index (χ1v) is 9.06. The average Bonchev–Trinajstić information content (AvgIpc) is 2.69. The molecule has 0 fully saturated rings. The normalized spacial score (nSPS) is 20.5. The third-order valence-corrected chi connectivity index (χ3v) is 5.70. The highest BCUT2D eigenvalue weighted by atomic mass is 35.5. The highest BCUT2D eigenvalue weighted by molar-refractivity contribution is 6.30. The van der Waals surface area contributed by atoms with Gasteiger partial charge in [0.15, 0.2) is 5.41 Å². The van der Waals surface area contributed by atoms with Gasteiger partial charge >= 0.3 is 0 Å². The van der Waals surface area contributed by atoms with Gasteiger partial charge in [0.1, 0.15) is 6.07 Å². The van der Waals surface area contributed by atoms with Crippen molar-refractivity contribution in [1.29, 1.82) is 15.8 Å². The first-order chi connectivity index (χ1) is 13.3. The molecule has 28 heavy (non-hydrogen) atoms. The van der Waals surface area contributed by atoms with Gasteiger partial charge < -0.3 is 5.73 Å². The van der Waals surface area contributed by atoms with Crippen LogP contribution in [0, 0.1) is 39.4 Å². The Kier molecular flexibility index (Phi) is 4.93. The molecule has 0 spiro atoms. The van der Waals surface area contributed by atoms with E-state index in [1.807, 2.05) is 0 Å². The van der Waals surface area contributed by atoms with Gasteiger partial charge in [0.25, 0.3) is 0 Å². The van der Waals surface area contributed by atoms with Crippen molar-refractivity contribution in [2.45, 2.75) is 12.3 Å². The van der Waals surface area contributed by atoms with Crippen LogP contribution in [0.4, 0.5) is 0 Å². The molecule has 0 saturated carbocycles. The number of nitrogens with two attached hydrogens (primary N) is 1. The lowest BCUT2D eigenvalue weighted by atomic mass is 9.56. The Labute approximate surface area is 173 Å². The molecule has 3 rings (SSSR count). The highest BCUT2D eigenvalue weighted by Crippen LogP contribution is 2.53. The number of rotatable bonds is 2. The van der Waals surface area contributed by atoms with E-state index >= 15 is 0 Å². The third kappa shape index (κ3) is 2.74. The van der Waals surface area contributed by atoms with E-state index in [0.29, 0.717) is 26.7 Å². The van der Waals surface area contributed by atoms with Gasteiger partial charge in [0.2, 0.25) is 0 Å².